The third-order valence-corrected chi connectivity index (χ3v) is 5.19. The number of hydrogen-bond acceptors (Lipinski definition) is 3. The lowest BCUT2D eigenvalue weighted by Gasteiger charge is -2.34. The van der Waals surface area contributed by atoms with Crippen LogP contribution in [0.15, 0.2) is 22.7 Å². The molecule has 1 fully saturated rings. The van der Waals surface area contributed by atoms with Crippen LogP contribution in [0.2, 0.25) is 0 Å². The van der Waals surface area contributed by atoms with Crippen LogP contribution >= 0.6 is 27.7 Å². The Morgan fingerprint density at radius 3 is 2.90 bits per heavy atom. The molecule has 114 valence electrons. The number of aryl methyl sites for hydroxylation is 1. The van der Waals surface area contributed by atoms with Gasteiger partial charge in [0.1, 0.15) is 0 Å². The van der Waals surface area contributed by atoms with E-state index in [1.165, 1.54) is 0 Å². The molecule has 1 aliphatic rings. The number of amides is 1. The first-order valence-corrected chi connectivity index (χ1v) is 8.76. The largest absolute Gasteiger partial charge is 0.481 e. The molecule has 1 heterocycles. The summed E-state index contributed by atoms with van der Waals surface area (Å²) in [5.74, 6) is 0.755. The number of carboxylic acids is 1. The summed E-state index contributed by atoms with van der Waals surface area (Å²) in [6.07, 6.45) is 0.359. The second kappa shape index (κ2) is 7.31. The Morgan fingerprint density at radius 1 is 1.48 bits per heavy atom. The summed E-state index contributed by atoms with van der Waals surface area (Å²) in [6, 6.07) is 5.67. The lowest BCUT2D eigenvalue weighted by Crippen LogP contribution is -2.47. The number of rotatable bonds is 4. The van der Waals surface area contributed by atoms with Crippen LogP contribution in [0, 0.1) is 6.92 Å². The highest BCUT2D eigenvalue weighted by atomic mass is 79.9. The Hall–Kier alpha value is -1.01. The number of carbonyl (C=O) groups excluding carboxylic acids is 1. The van der Waals surface area contributed by atoms with Crippen LogP contribution in [-0.2, 0) is 16.0 Å². The summed E-state index contributed by atoms with van der Waals surface area (Å²) in [5.41, 5.74) is 2.06. The highest BCUT2D eigenvalue weighted by Crippen LogP contribution is 2.22. The fourth-order valence-corrected chi connectivity index (χ4v) is 4.01. The van der Waals surface area contributed by atoms with Gasteiger partial charge >= 0.3 is 5.97 Å². The normalized spacial score (nSPS) is 18.6. The highest BCUT2D eigenvalue weighted by Gasteiger charge is 2.28. The molecular weight excluding hydrogens is 354 g/mol. The van der Waals surface area contributed by atoms with Crippen molar-refractivity contribution in [2.75, 3.05) is 18.1 Å². The number of aliphatic carboxylic acids is 1. The average molecular weight is 372 g/mol. The van der Waals surface area contributed by atoms with Crippen molar-refractivity contribution in [1.29, 1.82) is 0 Å². The summed E-state index contributed by atoms with van der Waals surface area (Å²) in [5, 5.41) is 8.98. The van der Waals surface area contributed by atoms with Gasteiger partial charge in [0.25, 0.3) is 0 Å². The van der Waals surface area contributed by atoms with Gasteiger partial charge in [-0.15, -0.1) is 0 Å². The molecule has 1 aliphatic heterocycles. The molecule has 1 amide bonds. The van der Waals surface area contributed by atoms with Gasteiger partial charge in [-0.1, -0.05) is 22.0 Å². The number of benzene rings is 1. The fraction of sp³-hybridized carbons (Fsp3) is 0.467. The van der Waals surface area contributed by atoms with Crippen LogP contribution < -0.4 is 0 Å². The number of carboxylic acid groups (broad SMARTS) is 1. The minimum atomic E-state index is -0.847. The molecular formula is C15H18BrNO3S. The van der Waals surface area contributed by atoms with E-state index < -0.39 is 5.97 Å². The van der Waals surface area contributed by atoms with Crippen LogP contribution in [0.5, 0.6) is 0 Å². The Morgan fingerprint density at radius 2 is 2.24 bits per heavy atom. The molecule has 0 spiro atoms. The molecule has 0 aromatic heterocycles. The lowest BCUT2D eigenvalue weighted by molar-refractivity contribution is -0.140. The number of halogens is 1. The van der Waals surface area contributed by atoms with E-state index in [1.807, 2.05) is 25.1 Å². The lowest BCUT2D eigenvalue weighted by atomic mass is 10.0. The Kier molecular flexibility index (Phi) is 5.70. The van der Waals surface area contributed by atoms with Crippen LogP contribution in [0.4, 0.5) is 0 Å². The van der Waals surface area contributed by atoms with Gasteiger partial charge in [-0.3, -0.25) is 9.59 Å². The molecule has 0 radical (unpaired) electrons. The van der Waals surface area contributed by atoms with E-state index in [0.717, 1.165) is 21.4 Å². The summed E-state index contributed by atoms with van der Waals surface area (Å²) in [4.78, 5) is 25.2. The van der Waals surface area contributed by atoms with Crippen molar-refractivity contribution in [3.63, 3.8) is 0 Å². The van der Waals surface area contributed by atoms with Gasteiger partial charge in [0.15, 0.2) is 0 Å². The second-order valence-corrected chi connectivity index (χ2v) is 7.23. The monoisotopic (exact) mass is 371 g/mol. The van der Waals surface area contributed by atoms with Crippen molar-refractivity contribution < 1.29 is 14.7 Å². The number of hydrogen-bond donors (Lipinski definition) is 1. The molecule has 1 unspecified atom stereocenters. The molecule has 1 atom stereocenters. The highest BCUT2D eigenvalue weighted by molar-refractivity contribution is 9.10. The first kappa shape index (κ1) is 16.4. The van der Waals surface area contributed by atoms with Crippen molar-refractivity contribution in [1.82, 2.24) is 4.90 Å². The van der Waals surface area contributed by atoms with E-state index in [0.29, 0.717) is 18.7 Å². The van der Waals surface area contributed by atoms with E-state index in [4.69, 9.17) is 5.11 Å². The predicted octanol–water partition coefficient (Wildman–Crippen LogP) is 2.72. The van der Waals surface area contributed by atoms with Gasteiger partial charge in [-0.05, 0) is 30.2 Å². The first-order valence-electron chi connectivity index (χ1n) is 6.81. The molecule has 6 heteroatoms. The number of nitrogens with zero attached hydrogens (tertiary/aromatic N) is 1. The van der Waals surface area contributed by atoms with Crippen molar-refractivity contribution >= 4 is 39.6 Å². The van der Waals surface area contributed by atoms with Gasteiger partial charge in [0.05, 0.1) is 18.9 Å². The Labute approximate surface area is 137 Å². The molecule has 2 rings (SSSR count). The standard InChI is InChI=1S/C15H18BrNO3S/c1-10-6-12(16)3-2-11(10)7-14(18)17-4-5-21-9-13(17)8-15(19)20/h2-3,6,13H,4-5,7-9H2,1H3,(H,19,20). The Bertz CT molecular complexity index is 550. The molecule has 4 nitrogen and oxygen atoms in total. The fourth-order valence-electron chi connectivity index (χ4n) is 2.48. The van der Waals surface area contributed by atoms with Crippen molar-refractivity contribution in [3.05, 3.63) is 33.8 Å². The molecule has 21 heavy (non-hydrogen) atoms. The van der Waals surface area contributed by atoms with Crippen LogP contribution in [0.1, 0.15) is 17.5 Å². The van der Waals surface area contributed by atoms with E-state index in [2.05, 4.69) is 15.9 Å². The maximum Gasteiger partial charge on any atom is 0.305 e. The van der Waals surface area contributed by atoms with Gasteiger partial charge in [-0.2, -0.15) is 11.8 Å². The predicted molar refractivity (Wildman–Crippen MR) is 87.7 cm³/mol. The van der Waals surface area contributed by atoms with Crippen LogP contribution in [-0.4, -0.2) is 46.0 Å². The van der Waals surface area contributed by atoms with Crippen LogP contribution in [0.3, 0.4) is 0 Å². The van der Waals surface area contributed by atoms with Crippen molar-refractivity contribution in [2.45, 2.75) is 25.8 Å². The van der Waals surface area contributed by atoms with Gasteiger partial charge in [0.2, 0.25) is 5.91 Å². The first-order chi connectivity index (χ1) is 9.97. The Balaban J connectivity index is 2.08. The molecule has 1 aromatic carbocycles. The van der Waals surface area contributed by atoms with E-state index in [-0.39, 0.29) is 18.4 Å². The summed E-state index contributed by atoms with van der Waals surface area (Å²) in [7, 11) is 0. The maximum atomic E-state index is 12.5. The third kappa shape index (κ3) is 4.48. The van der Waals surface area contributed by atoms with Crippen LogP contribution in [0.25, 0.3) is 0 Å². The van der Waals surface area contributed by atoms with Crippen molar-refractivity contribution in [3.8, 4) is 0 Å². The summed E-state index contributed by atoms with van der Waals surface area (Å²) < 4.78 is 0.995. The van der Waals surface area contributed by atoms with E-state index >= 15 is 0 Å². The van der Waals surface area contributed by atoms with Gasteiger partial charge in [-0.25, -0.2) is 0 Å². The minimum Gasteiger partial charge on any atom is -0.481 e. The molecule has 0 aliphatic carbocycles. The topological polar surface area (TPSA) is 57.6 Å². The van der Waals surface area contributed by atoms with Gasteiger partial charge in [0, 0.05) is 22.5 Å². The SMILES string of the molecule is Cc1cc(Br)ccc1CC(=O)N1CCSCC1CC(=O)O. The summed E-state index contributed by atoms with van der Waals surface area (Å²) in [6.45, 7) is 2.62. The molecule has 0 saturated carbocycles. The minimum absolute atomic E-state index is 0.0203. The number of thioether (sulfide) groups is 1. The smallest absolute Gasteiger partial charge is 0.305 e. The average Bonchev–Trinajstić information content (AvgIpc) is 2.42. The number of carbonyl (C=O) groups is 2. The quantitative estimate of drug-likeness (QED) is 0.883. The zero-order chi connectivity index (χ0) is 15.4. The zero-order valence-electron chi connectivity index (χ0n) is 11.8. The zero-order valence-corrected chi connectivity index (χ0v) is 14.2. The third-order valence-electron chi connectivity index (χ3n) is 3.60. The van der Waals surface area contributed by atoms with E-state index in [9.17, 15) is 9.59 Å². The second-order valence-electron chi connectivity index (χ2n) is 5.16. The van der Waals surface area contributed by atoms with E-state index in [1.54, 1.807) is 16.7 Å². The van der Waals surface area contributed by atoms with Crippen molar-refractivity contribution in [2.24, 2.45) is 0 Å². The maximum absolute atomic E-state index is 12.5. The summed E-state index contributed by atoms with van der Waals surface area (Å²) >= 11 is 5.13. The molecule has 0 bridgehead atoms. The molecule has 1 saturated heterocycles. The van der Waals surface area contributed by atoms with Gasteiger partial charge < -0.3 is 10.0 Å². The molecule has 1 aromatic rings. The molecule has 1 N–H and O–H groups in total.